The summed E-state index contributed by atoms with van der Waals surface area (Å²) < 4.78 is 7.20. The minimum absolute atomic E-state index is 0. The lowest BCUT2D eigenvalue weighted by Gasteiger charge is -2.33. The summed E-state index contributed by atoms with van der Waals surface area (Å²) in [6, 6.07) is 2.10. The van der Waals surface area contributed by atoms with Gasteiger partial charge in [-0.3, -0.25) is 14.5 Å². The lowest BCUT2D eigenvalue weighted by atomic mass is 9.97. The lowest BCUT2D eigenvalue weighted by Crippen LogP contribution is -2.47. The SMILES string of the molecule is CCOC(=O)C1CCN(C(=NC)NCC(C)Cn2nc(C)cc2C)CC1.I. The first-order valence-electron chi connectivity index (χ1n) is 9.57. The molecule has 0 amide bonds. The second-order valence-corrected chi connectivity index (χ2v) is 7.16. The van der Waals surface area contributed by atoms with Gasteiger partial charge < -0.3 is 15.0 Å². The Morgan fingerprint density at radius 2 is 2.07 bits per heavy atom. The number of carbonyl (C=O) groups is 1. The summed E-state index contributed by atoms with van der Waals surface area (Å²) in [5.41, 5.74) is 2.25. The van der Waals surface area contributed by atoms with E-state index in [0.29, 0.717) is 12.5 Å². The monoisotopic (exact) mass is 491 g/mol. The molecular formula is C19H34IN5O2. The molecule has 1 fully saturated rings. The topological polar surface area (TPSA) is 71.8 Å². The molecule has 1 saturated heterocycles. The summed E-state index contributed by atoms with van der Waals surface area (Å²) >= 11 is 0. The Kier molecular flexibility index (Phi) is 10.1. The van der Waals surface area contributed by atoms with E-state index in [9.17, 15) is 4.79 Å². The molecule has 0 saturated carbocycles. The normalized spacial score (nSPS) is 16.6. The maximum absolute atomic E-state index is 11.9. The molecule has 1 aromatic heterocycles. The zero-order valence-electron chi connectivity index (χ0n) is 17.2. The summed E-state index contributed by atoms with van der Waals surface area (Å²) in [5, 5.41) is 8.00. The van der Waals surface area contributed by atoms with Crippen molar-refractivity contribution in [2.24, 2.45) is 16.8 Å². The number of hydrogen-bond acceptors (Lipinski definition) is 4. The standard InChI is InChI=1S/C19H33N5O2.HI/c1-6-26-18(25)17-7-9-23(10-8-17)19(20-5)21-12-14(2)13-24-16(4)11-15(3)22-24;/h11,14,17H,6-10,12-13H2,1-5H3,(H,20,21);1H. The number of ether oxygens (including phenoxy) is 1. The highest BCUT2D eigenvalue weighted by Crippen LogP contribution is 2.18. The van der Waals surface area contributed by atoms with E-state index in [1.807, 2.05) is 20.9 Å². The molecule has 27 heavy (non-hydrogen) atoms. The van der Waals surface area contributed by atoms with Crippen LogP contribution in [0.2, 0.25) is 0 Å². The minimum atomic E-state index is -0.0615. The fourth-order valence-corrected chi connectivity index (χ4v) is 3.40. The van der Waals surface area contributed by atoms with Crippen molar-refractivity contribution in [2.45, 2.75) is 47.1 Å². The largest absolute Gasteiger partial charge is 0.466 e. The molecule has 1 unspecified atom stereocenters. The average Bonchev–Trinajstić information content (AvgIpc) is 2.93. The number of halogens is 1. The summed E-state index contributed by atoms with van der Waals surface area (Å²) in [6.45, 7) is 12.0. The summed E-state index contributed by atoms with van der Waals surface area (Å²) in [7, 11) is 1.81. The number of piperidine rings is 1. The number of esters is 1. The van der Waals surface area contributed by atoms with Crippen molar-refractivity contribution in [1.82, 2.24) is 20.0 Å². The van der Waals surface area contributed by atoms with Gasteiger partial charge in [0.25, 0.3) is 0 Å². The fraction of sp³-hybridized carbons (Fsp3) is 0.737. The third-order valence-electron chi connectivity index (χ3n) is 4.82. The Morgan fingerprint density at radius 3 is 2.59 bits per heavy atom. The van der Waals surface area contributed by atoms with Gasteiger partial charge in [-0.1, -0.05) is 6.92 Å². The Morgan fingerprint density at radius 1 is 1.41 bits per heavy atom. The zero-order chi connectivity index (χ0) is 19.1. The van der Waals surface area contributed by atoms with Crippen LogP contribution in [0.1, 0.15) is 38.1 Å². The second-order valence-electron chi connectivity index (χ2n) is 7.16. The van der Waals surface area contributed by atoms with E-state index >= 15 is 0 Å². The highest BCUT2D eigenvalue weighted by atomic mass is 127. The van der Waals surface area contributed by atoms with Crippen LogP contribution in [-0.2, 0) is 16.1 Å². The molecule has 1 N–H and O–H groups in total. The number of nitrogens with zero attached hydrogens (tertiary/aromatic N) is 4. The van der Waals surface area contributed by atoms with Crippen LogP contribution in [0.4, 0.5) is 0 Å². The van der Waals surface area contributed by atoms with E-state index in [2.05, 4.69) is 44.9 Å². The van der Waals surface area contributed by atoms with E-state index in [-0.39, 0.29) is 35.9 Å². The molecule has 1 aliphatic rings. The van der Waals surface area contributed by atoms with Gasteiger partial charge in [-0.25, -0.2) is 0 Å². The van der Waals surface area contributed by atoms with Crippen LogP contribution in [0.5, 0.6) is 0 Å². The molecule has 2 heterocycles. The van der Waals surface area contributed by atoms with Crippen LogP contribution in [0, 0.1) is 25.7 Å². The number of aromatic nitrogens is 2. The molecule has 0 aliphatic carbocycles. The van der Waals surface area contributed by atoms with Crippen LogP contribution in [0.3, 0.4) is 0 Å². The zero-order valence-corrected chi connectivity index (χ0v) is 19.5. The highest BCUT2D eigenvalue weighted by Gasteiger charge is 2.27. The van der Waals surface area contributed by atoms with Crippen molar-refractivity contribution < 1.29 is 9.53 Å². The first-order valence-corrected chi connectivity index (χ1v) is 9.57. The fourth-order valence-electron chi connectivity index (χ4n) is 3.40. The molecule has 8 heteroatoms. The molecule has 154 valence electrons. The van der Waals surface area contributed by atoms with Crippen molar-refractivity contribution >= 4 is 35.9 Å². The van der Waals surface area contributed by atoms with Gasteiger partial charge in [-0.15, -0.1) is 24.0 Å². The second kappa shape index (κ2) is 11.5. The number of nitrogens with one attached hydrogen (secondary N) is 1. The molecule has 0 radical (unpaired) electrons. The predicted octanol–water partition coefficient (Wildman–Crippen LogP) is 2.60. The van der Waals surface area contributed by atoms with Gasteiger partial charge in [0.2, 0.25) is 0 Å². The third kappa shape index (κ3) is 6.97. The molecule has 1 aromatic rings. The van der Waals surface area contributed by atoms with Crippen LogP contribution < -0.4 is 5.32 Å². The third-order valence-corrected chi connectivity index (χ3v) is 4.82. The van der Waals surface area contributed by atoms with Crippen LogP contribution in [0.25, 0.3) is 0 Å². The predicted molar refractivity (Wildman–Crippen MR) is 119 cm³/mol. The molecular weight excluding hydrogens is 457 g/mol. The number of likely N-dealkylation sites (tertiary alicyclic amines) is 1. The first kappa shape index (κ1) is 23.7. The van der Waals surface area contributed by atoms with E-state index in [0.717, 1.165) is 50.7 Å². The molecule has 1 atom stereocenters. The Balaban J connectivity index is 0.00000364. The van der Waals surface area contributed by atoms with Crippen molar-refractivity contribution in [2.75, 3.05) is 33.3 Å². The summed E-state index contributed by atoms with van der Waals surface area (Å²) in [5.74, 6) is 1.30. The lowest BCUT2D eigenvalue weighted by molar-refractivity contribution is -0.149. The number of hydrogen-bond donors (Lipinski definition) is 1. The first-order chi connectivity index (χ1) is 12.4. The van der Waals surface area contributed by atoms with Gasteiger partial charge >= 0.3 is 5.97 Å². The van der Waals surface area contributed by atoms with Gasteiger partial charge in [0.1, 0.15) is 0 Å². The van der Waals surface area contributed by atoms with Crippen molar-refractivity contribution in [1.29, 1.82) is 0 Å². The summed E-state index contributed by atoms with van der Waals surface area (Å²) in [4.78, 5) is 18.5. The van der Waals surface area contributed by atoms with E-state index in [1.54, 1.807) is 0 Å². The Bertz CT molecular complexity index is 624. The van der Waals surface area contributed by atoms with Gasteiger partial charge in [0.15, 0.2) is 5.96 Å². The molecule has 0 bridgehead atoms. The van der Waals surface area contributed by atoms with Crippen LogP contribution >= 0.6 is 24.0 Å². The smallest absolute Gasteiger partial charge is 0.309 e. The molecule has 0 aromatic carbocycles. The maximum atomic E-state index is 11.9. The number of guanidine groups is 1. The van der Waals surface area contributed by atoms with E-state index < -0.39 is 0 Å². The van der Waals surface area contributed by atoms with Crippen molar-refractivity contribution in [3.63, 3.8) is 0 Å². The maximum Gasteiger partial charge on any atom is 0.309 e. The van der Waals surface area contributed by atoms with Crippen LogP contribution in [-0.4, -0.2) is 59.9 Å². The van der Waals surface area contributed by atoms with Gasteiger partial charge in [0.05, 0.1) is 18.2 Å². The number of aryl methyl sites for hydroxylation is 2. The van der Waals surface area contributed by atoms with Crippen LogP contribution in [0.15, 0.2) is 11.1 Å². The summed E-state index contributed by atoms with van der Waals surface area (Å²) in [6.07, 6.45) is 1.64. The van der Waals surface area contributed by atoms with Gasteiger partial charge in [0, 0.05) is 38.9 Å². The van der Waals surface area contributed by atoms with Gasteiger partial charge in [-0.2, -0.15) is 5.10 Å². The van der Waals surface area contributed by atoms with E-state index in [1.165, 1.54) is 5.69 Å². The van der Waals surface area contributed by atoms with Crippen molar-refractivity contribution in [3.05, 3.63) is 17.5 Å². The minimum Gasteiger partial charge on any atom is -0.466 e. The Hall–Kier alpha value is -1.32. The highest BCUT2D eigenvalue weighted by molar-refractivity contribution is 14.0. The number of rotatable bonds is 6. The van der Waals surface area contributed by atoms with Gasteiger partial charge in [-0.05, 0) is 45.6 Å². The molecule has 1 aliphatic heterocycles. The molecule has 2 rings (SSSR count). The number of carbonyl (C=O) groups excluding carboxylic acids is 1. The van der Waals surface area contributed by atoms with E-state index in [4.69, 9.17) is 4.74 Å². The Labute approximate surface area is 179 Å². The number of aliphatic imine (C=N–C) groups is 1. The molecule has 7 nitrogen and oxygen atoms in total. The molecule has 0 spiro atoms. The van der Waals surface area contributed by atoms with Crippen molar-refractivity contribution in [3.8, 4) is 0 Å². The average molecular weight is 491 g/mol. The quantitative estimate of drug-likeness (QED) is 0.287.